The Labute approximate surface area is 330 Å². The van der Waals surface area contributed by atoms with Crippen molar-refractivity contribution in [3.8, 4) is 44.5 Å². The molecule has 0 atom stereocenters. The van der Waals surface area contributed by atoms with E-state index in [-0.39, 0.29) is 0 Å². The normalized spacial score (nSPS) is 12.4. The molecule has 0 fully saturated rings. The van der Waals surface area contributed by atoms with Crippen molar-refractivity contribution in [1.29, 1.82) is 0 Å². The van der Waals surface area contributed by atoms with E-state index in [0.29, 0.717) is 0 Å². The van der Waals surface area contributed by atoms with Gasteiger partial charge in [0.1, 0.15) is 0 Å². The molecular formula is C54H39NSi. The zero-order chi connectivity index (χ0) is 37.3. The molecule has 9 aromatic rings. The van der Waals surface area contributed by atoms with Crippen LogP contribution in [-0.4, -0.2) is 8.07 Å². The number of benzene rings is 9. The lowest BCUT2D eigenvalue weighted by Gasteiger charge is -2.33. The average molecular weight is 730 g/mol. The van der Waals surface area contributed by atoms with E-state index in [1.54, 1.807) is 0 Å². The maximum absolute atomic E-state index is 2.72. The van der Waals surface area contributed by atoms with Crippen LogP contribution in [0.1, 0.15) is 0 Å². The summed E-state index contributed by atoms with van der Waals surface area (Å²) in [6.07, 6.45) is 0. The summed E-state index contributed by atoms with van der Waals surface area (Å²) in [5.41, 5.74) is 13.2. The molecule has 0 unspecified atom stereocenters. The third-order valence-electron chi connectivity index (χ3n) is 11.4. The first kappa shape index (κ1) is 33.6. The van der Waals surface area contributed by atoms with Crippen molar-refractivity contribution < 1.29 is 0 Å². The SMILES string of the molecule is c1ccc(-c2ccc(N(c3ccc(-c4ccccc4)cc3-c3ccccc3)c3cccc4c3-c3ccccc3[Si]4(c3ccccc3)c3ccccc3)cc2)cc1. The van der Waals surface area contributed by atoms with Gasteiger partial charge in [-0.3, -0.25) is 0 Å². The van der Waals surface area contributed by atoms with E-state index in [9.17, 15) is 0 Å². The Balaban J connectivity index is 1.28. The van der Waals surface area contributed by atoms with Crippen LogP contribution in [0.15, 0.2) is 237 Å². The monoisotopic (exact) mass is 729 g/mol. The molecule has 1 heterocycles. The van der Waals surface area contributed by atoms with E-state index < -0.39 is 8.07 Å². The van der Waals surface area contributed by atoms with Gasteiger partial charge in [0.05, 0.1) is 11.4 Å². The standard InChI is InChI=1S/C54H39NSi/c1-6-19-40(20-7-1)42-33-36-45(37-34-42)55(50-38-35-44(41-21-8-2-9-22-41)39-49(50)43-23-10-3-11-24-43)51-30-18-32-53-54(51)48-29-16-17-31-52(48)56(53,46-25-12-4-13-26-46)47-27-14-5-15-28-47/h1-39H. The van der Waals surface area contributed by atoms with Crippen LogP contribution in [0.4, 0.5) is 17.1 Å². The fourth-order valence-electron chi connectivity index (χ4n) is 8.89. The summed E-state index contributed by atoms with van der Waals surface area (Å²) in [4.78, 5) is 2.52. The molecule has 0 aliphatic carbocycles. The van der Waals surface area contributed by atoms with Gasteiger partial charge in [0, 0.05) is 16.8 Å². The number of rotatable bonds is 8. The number of nitrogens with zero attached hydrogens (tertiary/aromatic N) is 1. The molecule has 0 spiro atoms. The van der Waals surface area contributed by atoms with Crippen LogP contribution in [0.3, 0.4) is 0 Å². The van der Waals surface area contributed by atoms with Crippen LogP contribution >= 0.6 is 0 Å². The summed E-state index contributed by atoms with van der Waals surface area (Å²) in [6, 6.07) is 87.1. The molecule has 0 radical (unpaired) electrons. The van der Waals surface area contributed by atoms with Crippen LogP contribution in [0, 0.1) is 0 Å². The Kier molecular flexibility index (Phi) is 8.59. The largest absolute Gasteiger partial charge is 0.309 e. The molecule has 1 nitrogen and oxygen atoms in total. The molecule has 0 aromatic heterocycles. The third kappa shape index (κ3) is 5.62. The van der Waals surface area contributed by atoms with Crippen molar-refractivity contribution in [3.05, 3.63) is 237 Å². The summed E-state index contributed by atoms with van der Waals surface area (Å²) < 4.78 is 0. The quantitative estimate of drug-likeness (QED) is 0.141. The van der Waals surface area contributed by atoms with Gasteiger partial charge in [0.15, 0.2) is 8.07 Å². The van der Waals surface area contributed by atoms with Gasteiger partial charge < -0.3 is 4.90 Å². The Morgan fingerprint density at radius 3 is 1.36 bits per heavy atom. The van der Waals surface area contributed by atoms with Crippen molar-refractivity contribution in [2.24, 2.45) is 0 Å². The maximum atomic E-state index is 2.52. The molecule has 0 saturated heterocycles. The lowest BCUT2D eigenvalue weighted by molar-refractivity contribution is 1.29. The van der Waals surface area contributed by atoms with Crippen LogP contribution in [0.2, 0.25) is 0 Å². The highest BCUT2D eigenvalue weighted by molar-refractivity contribution is 7.22. The van der Waals surface area contributed by atoms with Gasteiger partial charge in [0.25, 0.3) is 0 Å². The van der Waals surface area contributed by atoms with Crippen molar-refractivity contribution in [2.75, 3.05) is 4.90 Å². The van der Waals surface area contributed by atoms with Crippen LogP contribution in [0.25, 0.3) is 44.5 Å². The molecule has 0 N–H and O–H groups in total. The van der Waals surface area contributed by atoms with E-state index in [4.69, 9.17) is 0 Å². The molecule has 0 amide bonds. The number of hydrogen-bond acceptors (Lipinski definition) is 1. The number of hydrogen-bond donors (Lipinski definition) is 0. The van der Waals surface area contributed by atoms with Crippen molar-refractivity contribution in [1.82, 2.24) is 0 Å². The second-order valence-electron chi connectivity index (χ2n) is 14.4. The highest BCUT2D eigenvalue weighted by Gasteiger charge is 2.49. The van der Waals surface area contributed by atoms with E-state index in [0.717, 1.165) is 11.4 Å². The predicted octanol–water partition coefficient (Wildman–Crippen LogP) is 11.5. The smallest absolute Gasteiger partial charge is 0.180 e. The molecule has 0 bridgehead atoms. The zero-order valence-corrected chi connectivity index (χ0v) is 32.0. The minimum Gasteiger partial charge on any atom is -0.309 e. The van der Waals surface area contributed by atoms with Gasteiger partial charge in [0.2, 0.25) is 0 Å². The molecule has 10 rings (SSSR count). The highest BCUT2D eigenvalue weighted by atomic mass is 28.3. The van der Waals surface area contributed by atoms with Gasteiger partial charge in [-0.1, -0.05) is 206 Å². The van der Waals surface area contributed by atoms with Crippen molar-refractivity contribution in [3.63, 3.8) is 0 Å². The molecule has 1 aliphatic rings. The van der Waals surface area contributed by atoms with E-state index in [1.165, 1.54) is 70.9 Å². The van der Waals surface area contributed by atoms with E-state index >= 15 is 0 Å². The third-order valence-corrected chi connectivity index (χ3v) is 16.2. The van der Waals surface area contributed by atoms with Crippen molar-refractivity contribution in [2.45, 2.75) is 0 Å². The molecular weight excluding hydrogens is 691 g/mol. The fourth-order valence-corrected chi connectivity index (χ4v) is 14.1. The molecule has 9 aromatic carbocycles. The predicted molar refractivity (Wildman–Crippen MR) is 240 cm³/mol. The summed E-state index contributed by atoms with van der Waals surface area (Å²) in [7, 11) is -2.72. The summed E-state index contributed by atoms with van der Waals surface area (Å²) in [6.45, 7) is 0. The topological polar surface area (TPSA) is 3.24 Å². The first-order valence-electron chi connectivity index (χ1n) is 19.4. The summed E-state index contributed by atoms with van der Waals surface area (Å²) in [5.74, 6) is 0. The minimum absolute atomic E-state index is 1.11. The minimum atomic E-state index is -2.72. The summed E-state index contributed by atoms with van der Waals surface area (Å²) >= 11 is 0. The van der Waals surface area contributed by atoms with Gasteiger partial charge >= 0.3 is 0 Å². The molecule has 2 heteroatoms. The Hall–Kier alpha value is -7.00. The maximum Gasteiger partial charge on any atom is 0.180 e. The second-order valence-corrected chi connectivity index (χ2v) is 18.2. The molecule has 0 saturated carbocycles. The van der Waals surface area contributed by atoms with Gasteiger partial charge in [-0.2, -0.15) is 0 Å². The Morgan fingerprint density at radius 1 is 0.286 bits per heavy atom. The molecule has 1 aliphatic heterocycles. The molecule has 264 valence electrons. The first-order valence-corrected chi connectivity index (χ1v) is 21.4. The van der Waals surface area contributed by atoms with E-state index in [1.807, 2.05) is 0 Å². The second kappa shape index (κ2) is 14.3. The number of fused-ring (bicyclic) bond motifs is 3. The van der Waals surface area contributed by atoms with Gasteiger partial charge in [-0.25, -0.2) is 0 Å². The number of anilines is 3. The highest BCUT2D eigenvalue weighted by Crippen LogP contribution is 2.47. The summed E-state index contributed by atoms with van der Waals surface area (Å²) in [5, 5.41) is 5.64. The van der Waals surface area contributed by atoms with E-state index in [2.05, 4.69) is 241 Å². The van der Waals surface area contributed by atoms with Crippen molar-refractivity contribution >= 4 is 45.9 Å². The Bertz CT molecular complexity index is 2730. The first-order chi connectivity index (χ1) is 27.8. The lowest BCUT2D eigenvalue weighted by Crippen LogP contribution is -2.72. The molecule has 56 heavy (non-hydrogen) atoms. The van der Waals surface area contributed by atoms with Gasteiger partial charge in [-0.05, 0) is 84.5 Å². The van der Waals surface area contributed by atoms with Crippen LogP contribution in [-0.2, 0) is 0 Å². The van der Waals surface area contributed by atoms with Crippen LogP contribution < -0.4 is 25.6 Å². The average Bonchev–Trinajstić information content (AvgIpc) is 3.60. The van der Waals surface area contributed by atoms with Crippen LogP contribution in [0.5, 0.6) is 0 Å². The zero-order valence-electron chi connectivity index (χ0n) is 31.0. The van der Waals surface area contributed by atoms with Gasteiger partial charge in [-0.15, -0.1) is 0 Å². The Morgan fingerprint density at radius 2 is 0.750 bits per heavy atom. The lowest BCUT2D eigenvalue weighted by atomic mass is 9.95. The fraction of sp³-hybridized carbons (Fsp3) is 0.